The minimum atomic E-state index is -0.375. The van der Waals surface area contributed by atoms with Gasteiger partial charge in [-0.2, -0.15) is 0 Å². The second-order valence-corrected chi connectivity index (χ2v) is 5.07. The lowest BCUT2D eigenvalue weighted by Crippen LogP contribution is -2.12. The lowest BCUT2D eigenvalue weighted by molar-refractivity contribution is 0.0526. The van der Waals surface area contributed by atoms with Crippen LogP contribution in [0.25, 0.3) is 0 Å². The zero-order chi connectivity index (χ0) is 14.5. The summed E-state index contributed by atoms with van der Waals surface area (Å²) in [5.41, 5.74) is 1.45. The van der Waals surface area contributed by atoms with Gasteiger partial charge in [-0.25, -0.2) is 9.78 Å². The van der Waals surface area contributed by atoms with Crippen molar-refractivity contribution in [2.75, 3.05) is 11.9 Å². The molecule has 0 radical (unpaired) electrons. The van der Waals surface area contributed by atoms with Crippen LogP contribution in [0, 0.1) is 6.92 Å². The maximum absolute atomic E-state index is 11.9. The highest BCUT2D eigenvalue weighted by Crippen LogP contribution is 2.13. The van der Waals surface area contributed by atoms with Crippen LogP contribution >= 0.6 is 11.3 Å². The molecule has 5 nitrogen and oxygen atoms in total. The van der Waals surface area contributed by atoms with E-state index in [9.17, 15) is 9.59 Å². The average molecular weight is 290 g/mol. The average Bonchev–Trinajstić information content (AvgIpc) is 2.86. The van der Waals surface area contributed by atoms with E-state index in [0.717, 1.165) is 5.01 Å². The molecule has 0 fully saturated rings. The lowest BCUT2D eigenvalue weighted by atomic mass is 10.2. The van der Waals surface area contributed by atoms with Crippen LogP contribution in [-0.2, 0) is 4.74 Å². The molecule has 2 rings (SSSR count). The highest BCUT2D eigenvalue weighted by atomic mass is 32.1. The third kappa shape index (κ3) is 3.42. The number of hydrogen-bond donors (Lipinski definition) is 1. The van der Waals surface area contributed by atoms with Crippen molar-refractivity contribution in [1.29, 1.82) is 0 Å². The highest BCUT2D eigenvalue weighted by Gasteiger charge is 2.10. The van der Waals surface area contributed by atoms with E-state index < -0.39 is 0 Å². The van der Waals surface area contributed by atoms with E-state index in [0.29, 0.717) is 23.6 Å². The van der Waals surface area contributed by atoms with Gasteiger partial charge in [0.15, 0.2) is 0 Å². The number of aryl methyl sites for hydroxylation is 1. The van der Waals surface area contributed by atoms with Crippen LogP contribution in [0.1, 0.15) is 32.8 Å². The topological polar surface area (TPSA) is 68.3 Å². The van der Waals surface area contributed by atoms with Crippen LogP contribution in [0.15, 0.2) is 29.6 Å². The molecule has 0 saturated carbocycles. The van der Waals surface area contributed by atoms with E-state index >= 15 is 0 Å². The Balaban J connectivity index is 2.04. The fraction of sp³-hybridized carbons (Fsp3) is 0.214. The molecular formula is C14H14N2O3S. The molecule has 1 aromatic carbocycles. The van der Waals surface area contributed by atoms with Crippen molar-refractivity contribution in [3.05, 3.63) is 45.9 Å². The summed E-state index contributed by atoms with van der Waals surface area (Å²) in [4.78, 5) is 27.5. The molecule has 0 atom stereocenters. The number of anilines is 1. The Morgan fingerprint density at radius 1 is 1.30 bits per heavy atom. The van der Waals surface area contributed by atoms with E-state index in [2.05, 4.69) is 10.3 Å². The Morgan fingerprint density at radius 2 is 2.00 bits per heavy atom. The smallest absolute Gasteiger partial charge is 0.338 e. The van der Waals surface area contributed by atoms with Gasteiger partial charge in [0.05, 0.1) is 17.2 Å². The Labute approximate surface area is 120 Å². The molecule has 0 aliphatic heterocycles. The van der Waals surface area contributed by atoms with Gasteiger partial charge in [0, 0.05) is 11.1 Å². The SMILES string of the molecule is CCOC(=O)c1ccc(NC(=O)c2csc(C)n2)cc1. The monoisotopic (exact) mass is 290 g/mol. The predicted molar refractivity (Wildman–Crippen MR) is 77.2 cm³/mol. The van der Waals surface area contributed by atoms with Gasteiger partial charge < -0.3 is 10.1 Å². The maximum atomic E-state index is 11.9. The predicted octanol–water partition coefficient (Wildman–Crippen LogP) is 2.88. The second kappa shape index (κ2) is 6.29. The first-order valence-electron chi connectivity index (χ1n) is 6.11. The van der Waals surface area contributed by atoms with Gasteiger partial charge in [0.1, 0.15) is 5.69 Å². The minimum absolute atomic E-state index is 0.266. The Hall–Kier alpha value is -2.21. The number of rotatable bonds is 4. The second-order valence-electron chi connectivity index (χ2n) is 4.00. The van der Waals surface area contributed by atoms with Crippen molar-refractivity contribution < 1.29 is 14.3 Å². The van der Waals surface area contributed by atoms with Crippen molar-refractivity contribution >= 4 is 28.9 Å². The highest BCUT2D eigenvalue weighted by molar-refractivity contribution is 7.09. The summed E-state index contributed by atoms with van der Waals surface area (Å²) >= 11 is 1.42. The lowest BCUT2D eigenvalue weighted by Gasteiger charge is -2.05. The number of thiazole rings is 1. The summed E-state index contributed by atoms with van der Waals surface area (Å²) in [6.45, 7) is 3.93. The van der Waals surface area contributed by atoms with Crippen LogP contribution in [0.5, 0.6) is 0 Å². The van der Waals surface area contributed by atoms with Crippen LogP contribution in [0.2, 0.25) is 0 Å². The van der Waals surface area contributed by atoms with Crippen LogP contribution in [0.3, 0.4) is 0 Å². The quantitative estimate of drug-likeness (QED) is 0.879. The maximum Gasteiger partial charge on any atom is 0.338 e. The summed E-state index contributed by atoms with van der Waals surface area (Å²) in [7, 11) is 0. The number of carbonyl (C=O) groups excluding carboxylic acids is 2. The number of carbonyl (C=O) groups is 2. The third-order valence-corrected chi connectivity index (χ3v) is 3.28. The fourth-order valence-corrected chi connectivity index (χ4v) is 2.16. The number of benzene rings is 1. The number of ether oxygens (including phenoxy) is 1. The third-order valence-electron chi connectivity index (χ3n) is 2.51. The number of amides is 1. The molecule has 1 heterocycles. The Morgan fingerprint density at radius 3 is 2.55 bits per heavy atom. The summed E-state index contributed by atoms with van der Waals surface area (Å²) < 4.78 is 4.89. The number of hydrogen-bond acceptors (Lipinski definition) is 5. The molecule has 104 valence electrons. The summed E-state index contributed by atoms with van der Waals surface area (Å²) in [6, 6.07) is 6.53. The molecule has 1 N–H and O–H groups in total. The summed E-state index contributed by atoms with van der Waals surface area (Å²) in [5.74, 6) is -0.640. The molecule has 0 bridgehead atoms. The molecule has 1 amide bonds. The van der Waals surface area contributed by atoms with Gasteiger partial charge in [-0.05, 0) is 38.1 Å². The molecule has 0 aliphatic rings. The van der Waals surface area contributed by atoms with Crippen LogP contribution in [0.4, 0.5) is 5.69 Å². The molecule has 0 saturated heterocycles. The number of esters is 1. The fourth-order valence-electron chi connectivity index (χ4n) is 1.57. The molecule has 6 heteroatoms. The first kappa shape index (κ1) is 14.2. The van der Waals surface area contributed by atoms with Crippen LogP contribution < -0.4 is 5.32 Å². The first-order valence-corrected chi connectivity index (χ1v) is 6.98. The standard InChI is InChI=1S/C14H14N2O3S/c1-3-19-14(18)10-4-6-11(7-5-10)16-13(17)12-8-20-9(2)15-12/h4-8H,3H2,1-2H3,(H,16,17). The van der Waals surface area contributed by atoms with Crippen molar-refractivity contribution in [3.8, 4) is 0 Å². The molecule has 0 spiro atoms. The molecule has 2 aromatic rings. The molecule has 0 aliphatic carbocycles. The molecule has 0 unspecified atom stereocenters. The summed E-state index contributed by atoms with van der Waals surface area (Å²) in [6.07, 6.45) is 0. The first-order chi connectivity index (χ1) is 9.60. The van der Waals surface area contributed by atoms with Gasteiger partial charge in [-0.1, -0.05) is 0 Å². The van der Waals surface area contributed by atoms with Crippen molar-refractivity contribution in [2.24, 2.45) is 0 Å². The van der Waals surface area contributed by atoms with Crippen LogP contribution in [-0.4, -0.2) is 23.5 Å². The molecule has 1 aromatic heterocycles. The zero-order valence-corrected chi connectivity index (χ0v) is 12.0. The van der Waals surface area contributed by atoms with E-state index in [4.69, 9.17) is 4.74 Å². The summed E-state index contributed by atoms with van der Waals surface area (Å²) in [5, 5.41) is 5.27. The Kier molecular flexibility index (Phi) is 4.47. The van der Waals surface area contributed by atoms with E-state index in [1.807, 2.05) is 6.92 Å². The molecule has 20 heavy (non-hydrogen) atoms. The number of nitrogens with zero attached hydrogens (tertiary/aromatic N) is 1. The van der Waals surface area contributed by atoms with Crippen molar-refractivity contribution in [3.63, 3.8) is 0 Å². The normalized spacial score (nSPS) is 10.1. The number of aromatic nitrogens is 1. The van der Waals surface area contributed by atoms with Crippen molar-refractivity contribution in [2.45, 2.75) is 13.8 Å². The van der Waals surface area contributed by atoms with Gasteiger partial charge in [-0.3, -0.25) is 4.79 Å². The van der Waals surface area contributed by atoms with E-state index in [-0.39, 0.29) is 11.9 Å². The van der Waals surface area contributed by atoms with Gasteiger partial charge in [-0.15, -0.1) is 11.3 Å². The van der Waals surface area contributed by atoms with Gasteiger partial charge in [0.25, 0.3) is 5.91 Å². The van der Waals surface area contributed by atoms with Crippen molar-refractivity contribution in [1.82, 2.24) is 4.98 Å². The van der Waals surface area contributed by atoms with E-state index in [1.54, 1.807) is 36.6 Å². The largest absolute Gasteiger partial charge is 0.462 e. The molecular weight excluding hydrogens is 276 g/mol. The van der Waals surface area contributed by atoms with Gasteiger partial charge in [0.2, 0.25) is 0 Å². The Bertz CT molecular complexity index is 620. The number of nitrogens with one attached hydrogen (secondary N) is 1. The van der Waals surface area contributed by atoms with Gasteiger partial charge >= 0.3 is 5.97 Å². The minimum Gasteiger partial charge on any atom is -0.462 e. The van der Waals surface area contributed by atoms with E-state index in [1.165, 1.54) is 11.3 Å². The zero-order valence-electron chi connectivity index (χ0n) is 11.2.